The monoisotopic (exact) mass is 415 g/mol. The van der Waals surface area contributed by atoms with Crippen LogP contribution in [0.2, 0.25) is 0 Å². The van der Waals surface area contributed by atoms with E-state index in [0.717, 1.165) is 10.8 Å². The molecule has 0 N–H and O–H groups in total. The summed E-state index contributed by atoms with van der Waals surface area (Å²) in [6.07, 6.45) is 1.28. The number of methoxy groups -OCH3 is 1. The third-order valence-electron chi connectivity index (χ3n) is 4.27. The summed E-state index contributed by atoms with van der Waals surface area (Å²) < 4.78 is 15.6. The van der Waals surface area contributed by atoms with Crippen molar-refractivity contribution in [3.05, 3.63) is 53.1 Å². The van der Waals surface area contributed by atoms with E-state index in [0.29, 0.717) is 16.3 Å². The highest BCUT2D eigenvalue weighted by molar-refractivity contribution is 8.04. The van der Waals surface area contributed by atoms with Crippen molar-refractivity contribution in [2.24, 2.45) is 0 Å². The molecule has 1 aliphatic heterocycles. The Hall–Kier alpha value is -3.00. The number of esters is 2. The maximum absolute atomic E-state index is 12.6. The van der Waals surface area contributed by atoms with Crippen LogP contribution in [0.1, 0.15) is 17.3 Å². The third-order valence-corrected chi connectivity index (χ3v) is 5.30. The molecule has 0 bridgehead atoms. The Bertz CT molecular complexity index is 971. The van der Waals surface area contributed by atoms with Gasteiger partial charge in [-0.05, 0) is 29.8 Å². The first-order valence-electron chi connectivity index (χ1n) is 9.09. The Morgan fingerprint density at radius 1 is 1.17 bits per heavy atom. The van der Waals surface area contributed by atoms with Crippen LogP contribution in [-0.2, 0) is 19.1 Å². The maximum atomic E-state index is 12.6. The topological polar surface area (TPSA) is 82.1 Å². The van der Waals surface area contributed by atoms with Crippen molar-refractivity contribution in [1.29, 1.82) is 0 Å². The predicted octanol–water partition coefficient (Wildman–Crippen LogP) is 2.99. The number of fused-ring (bicyclic) bond motifs is 1. The van der Waals surface area contributed by atoms with Crippen molar-refractivity contribution in [1.82, 2.24) is 4.90 Å². The van der Waals surface area contributed by atoms with Gasteiger partial charge in [-0.25, -0.2) is 9.59 Å². The summed E-state index contributed by atoms with van der Waals surface area (Å²) in [6, 6.07) is 11.1. The molecule has 2 aromatic carbocycles. The van der Waals surface area contributed by atoms with Gasteiger partial charge in [0.2, 0.25) is 5.91 Å². The van der Waals surface area contributed by atoms with Crippen molar-refractivity contribution in [2.45, 2.75) is 6.92 Å². The lowest BCUT2D eigenvalue weighted by atomic mass is 10.1. The minimum atomic E-state index is -0.539. The molecule has 29 heavy (non-hydrogen) atoms. The number of carbonyl (C=O) groups excluding carboxylic acids is 3. The fourth-order valence-electron chi connectivity index (χ4n) is 2.91. The molecule has 0 radical (unpaired) electrons. The Labute approximate surface area is 172 Å². The Kier molecular flexibility index (Phi) is 6.77. The molecule has 8 heteroatoms. The highest BCUT2D eigenvalue weighted by atomic mass is 32.2. The Morgan fingerprint density at radius 3 is 2.59 bits per heavy atom. The zero-order valence-electron chi connectivity index (χ0n) is 16.2. The van der Waals surface area contributed by atoms with Gasteiger partial charge in [0.05, 0.1) is 37.1 Å². The van der Waals surface area contributed by atoms with Gasteiger partial charge in [-0.2, -0.15) is 0 Å². The molecule has 0 aromatic heterocycles. The van der Waals surface area contributed by atoms with Gasteiger partial charge >= 0.3 is 11.9 Å². The standard InChI is InChI=1S/C21H21NO6S/c1-3-27-20(24)12-19-22(18(23)13-29-19)8-9-28-21(25)16-10-14-6-4-5-7-15(14)11-17(16)26-2/h4-7,10-12H,3,8-9,13H2,1-2H3/b19-12-. The number of carbonyl (C=O) groups is 3. The highest BCUT2D eigenvalue weighted by Gasteiger charge is 2.27. The normalized spacial score (nSPS) is 15.0. The van der Waals surface area contributed by atoms with E-state index in [1.54, 1.807) is 19.1 Å². The smallest absolute Gasteiger partial charge is 0.342 e. The van der Waals surface area contributed by atoms with E-state index >= 15 is 0 Å². The molecular weight excluding hydrogens is 394 g/mol. The van der Waals surface area contributed by atoms with Gasteiger partial charge in [-0.15, -0.1) is 0 Å². The van der Waals surface area contributed by atoms with Crippen LogP contribution in [0.4, 0.5) is 0 Å². The number of nitrogens with zero attached hydrogens (tertiary/aromatic N) is 1. The molecule has 1 amide bonds. The highest BCUT2D eigenvalue weighted by Crippen LogP contribution is 2.29. The van der Waals surface area contributed by atoms with Crippen LogP contribution in [-0.4, -0.2) is 55.4 Å². The van der Waals surface area contributed by atoms with Crippen LogP contribution in [0.3, 0.4) is 0 Å². The number of amides is 1. The predicted molar refractivity (Wildman–Crippen MR) is 110 cm³/mol. The van der Waals surface area contributed by atoms with Crippen LogP contribution in [0, 0.1) is 0 Å². The molecule has 3 rings (SSSR count). The molecule has 0 saturated carbocycles. The average Bonchev–Trinajstić information content (AvgIpc) is 3.06. The average molecular weight is 415 g/mol. The second-order valence-corrected chi connectivity index (χ2v) is 7.10. The summed E-state index contributed by atoms with van der Waals surface area (Å²) in [5, 5.41) is 2.34. The summed E-state index contributed by atoms with van der Waals surface area (Å²) in [5.74, 6) is -0.540. The van der Waals surface area contributed by atoms with Gasteiger partial charge in [-0.3, -0.25) is 4.79 Å². The molecule has 0 unspecified atom stereocenters. The third kappa shape index (κ3) is 4.89. The van der Waals surface area contributed by atoms with Gasteiger partial charge in [0.15, 0.2) is 0 Å². The van der Waals surface area contributed by atoms with Gasteiger partial charge in [-0.1, -0.05) is 36.0 Å². The van der Waals surface area contributed by atoms with Crippen LogP contribution < -0.4 is 4.74 Å². The van der Waals surface area contributed by atoms with Crippen LogP contribution in [0.15, 0.2) is 47.5 Å². The first-order chi connectivity index (χ1) is 14.0. The number of thioether (sulfide) groups is 1. The number of ether oxygens (including phenoxy) is 3. The molecule has 1 aliphatic rings. The van der Waals surface area contributed by atoms with E-state index in [4.69, 9.17) is 14.2 Å². The summed E-state index contributed by atoms with van der Waals surface area (Å²) in [4.78, 5) is 37.7. The van der Waals surface area contributed by atoms with Gasteiger partial charge in [0.25, 0.3) is 0 Å². The molecule has 1 saturated heterocycles. The van der Waals surface area contributed by atoms with Crippen molar-refractivity contribution < 1.29 is 28.6 Å². The van der Waals surface area contributed by atoms with Crippen molar-refractivity contribution in [3.8, 4) is 5.75 Å². The fourth-order valence-corrected chi connectivity index (χ4v) is 3.86. The second-order valence-electron chi connectivity index (χ2n) is 6.10. The minimum absolute atomic E-state index is 0.0126. The Morgan fingerprint density at radius 2 is 1.90 bits per heavy atom. The lowest BCUT2D eigenvalue weighted by Gasteiger charge is -2.17. The van der Waals surface area contributed by atoms with E-state index < -0.39 is 11.9 Å². The van der Waals surface area contributed by atoms with Crippen molar-refractivity contribution in [2.75, 3.05) is 32.6 Å². The number of benzene rings is 2. The van der Waals surface area contributed by atoms with Crippen LogP contribution in [0.5, 0.6) is 5.75 Å². The van der Waals surface area contributed by atoms with E-state index in [-0.39, 0.29) is 31.4 Å². The number of rotatable bonds is 7. The van der Waals surface area contributed by atoms with Crippen molar-refractivity contribution in [3.63, 3.8) is 0 Å². The van der Waals surface area contributed by atoms with E-state index in [9.17, 15) is 14.4 Å². The molecule has 0 spiro atoms. The van der Waals surface area contributed by atoms with E-state index in [1.165, 1.54) is 29.8 Å². The summed E-state index contributed by atoms with van der Waals surface area (Å²) in [5.41, 5.74) is 0.315. The molecule has 1 fully saturated rings. The van der Waals surface area contributed by atoms with Crippen LogP contribution in [0.25, 0.3) is 10.8 Å². The van der Waals surface area contributed by atoms with E-state index in [2.05, 4.69) is 0 Å². The van der Waals surface area contributed by atoms with E-state index in [1.807, 2.05) is 24.3 Å². The zero-order valence-corrected chi connectivity index (χ0v) is 17.0. The van der Waals surface area contributed by atoms with Crippen LogP contribution >= 0.6 is 11.8 Å². The largest absolute Gasteiger partial charge is 0.496 e. The number of hydrogen-bond donors (Lipinski definition) is 0. The summed E-state index contributed by atoms with van der Waals surface area (Å²) in [6.45, 7) is 2.11. The first kappa shape index (κ1) is 20.7. The molecule has 0 aliphatic carbocycles. The summed E-state index contributed by atoms with van der Waals surface area (Å²) >= 11 is 1.25. The molecule has 2 aromatic rings. The number of hydrogen-bond acceptors (Lipinski definition) is 7. The molecule has 0 atom stereocenters. The maximum Gasteiger partial charge on any atom is 0.342 e. The van der Waals surface area contributed by atoms with Gasteiger partial charge in [0.1, 0.15) is 17.9 Å². The summed E-state index contributed by atoms with van der Waals surface area (Å²) in [7, 11) is 1.49. The minimum Gasteiger partial charge on any atom is -0.496 e. The zero-order chi connectivity index (χ0) is 20.8. The fraction of sp³-hybridized carbons (Fsp3) is 0.286. The lowest BCUT2D eigenvalue weighted by molar-refractivity contribution is -0.137. The molecule has 1 heterocycles. The Balaban J connectivity index is 1.67. The van der Waals surface area contributed by atoms with Gasteiger partial charge < -0.3 is 19.1 Å². The lowest BCUT2D eigenvalue weighted by Crippen LogP contribution is -2.29. The molecular formula is C21H21NO6S. The SMILES string of the molecule is CCOC(=O)/C=C1\SCC(=O)N1CCOC(=O)c1cc2ccccc2cc1OC. The molecule has 152 valence electrons. The van der Waals surface area contributed by atoms with Gasteiger partial charge in [0, 0.05) is 0 Å². The first-order valence-corrected chi connectivity index (χ1v) is 10.1. The molecule has 7 nitrogen and oxygen atoms in total. The van der Waals surface area contributed by atoms with Crippen molar-refractivity contribution >= 4 is 40.4 Å². The quantitative estimate of drug-likeness (QED) is 0.508. The second kappa shape index (κ2) is 9.47.